The van der Waals surface area contributed by atoms with E-state index in [2.05, 4.69) is 15.9 Å². The summed E-state index contributed by atoms with van der Waals surface area (Å²) in [4.78, 5) is 24.1. The molecule has 0 fully saturated rings. The molecule has 2 rings (SSSR count). The van der Waals surface area contributed by atoms with Gasteiger partial charge in [-0.2, -0.15) is 0 Å². The molecule has 1 atom stereocenters. The fourth-order valence-electron chi connectivity index (χ4n) is 1.89. The first-order valence-corrected chi connectivity index (χ1v) is 8.97. The van der Waals surface area contributed by atoms with E-state index >= 15 is 0 Å². The van der Waals surface area contributed by atoms with Gasteiger partial charge in [0.1, 0.15) is 5.75 Å². The van der Waals surface area contributed by atoms with Gasteiger partial charge in [0, 0.05) is 16.1 Å². The van der Waals surface area contributed by atoms with Crippen LogP contribution in [0.25, 0.3) is 0 Å². The zero-order chi connectivity index (χ0) is 18.6. The Morgan fingerprint density at radius 2 is 1.64 bits per heavy atom. The van der Waals surface area contributed by atoms with Crippen molar-refractivity contribution in [1.29, 1.82) is 0 Å². The van der Waals surface area contributed by atoms with Crippen molar-refractivity contribution in [2.24, 2.45) is 0 Å². The van der Waals surface area contributed by atoms with Crippen molar-refractivity contribution in [3.63, 3.8) is 0 Å². The molecule has 0 radical (unpaired) electrons. The van der Waals surface area contributed by atoms with Crippen LogP contribution in [0.2, 0.25) is 15.1 Å². The second-order valence-electron chi connectivity index (χ2n) is 4.99. The average molecular weight is 467 g/mol. The smallest absolute Gasteiger partial charge is 0.344 e. The SMILES string of the molecule is C[C@@H](OC(=O)COc1cc(Cl)c(Cl)cc1Cl)C(=O)c1ccc(Br)cc1. The molecule has 0 bridgehead atoms. The maximum atomic E-state index is 12.2. The van der Waals surface area contributed by atoms with Crippen molar-refractivity contribution in [3.05, 3.63) is 61.5 Å². The first kappa shape index (κ1) is 20.0. The molecular formula is C17H12BrCl3O4. The third kappa shape index (κ3) is 5.61. The van der Waals surface area contributed by atoms with Gasteiger partial charge in [-0.1, -0.05) is 62.9 Å². The molecule has 0 unspecified atom stereocenters. The van der Waals surface area contributed by atoms with Crippen LogP contribution in [0.3, 0.4) is 0 Å². The molecule has 0 aliphatic rings. The second-order valence-corrected chi connectivity index (χ2v) is 7.13. The molecule has 2 aromatic carbocycles. The normalized spacial score (nSPS) is 11.7. The number of esters is 1. The Bertz CT molecular complexity index is 793. The summed E-state index contributed by atoms with van der Waals surface area (Å²) < 4.78 is 11.2. The Labute approximate surface area is 168 Å². The number of Topliss-reactive ketones (excluding diaryl/α,β-unsaturated/α-hetero) is 1. The molecule has 0 aliphatic carbocycles. The number of carbonyl (C=O) groups is 2. The van der Waals surface area contributed by atoms with Crippen molar-refractivity contribution in [2.75, 3.05) is 6.61 Å². The van der Waals surface area contributed by atoms with Crippen molar-refractivity contribution in [3.8, 4) is 5.75 Å². The van der Waals surface area contributed by atoms with Crippen LogP contribution in [0.15, 0.2) is 40.9 Å². The highest BCUT2D eigenvalue weighted by Crippen LogP contribution is 2.33. The van der Waals surface area contributed by atoms with Crippen LogP contribution in [0.5, 0.6) is 5.75 Å². The Morgan fingerprint density at radius 1 is 1.04 bits per heavy atom. The molecule has 4 nitrogen and oxygen atoms in total. The topological polar surface area (TPSA) is 52.6 Å². The first-order chi connectivity index (χ1) is 11.8. The predicted molar refractivity (Wildman–Crippen MR) is 101 cm³/mol. The number of halogens is 4. The maximum Gasteiger partial charge on any atom is 0.344 e. The molecule has 0 amide bonds. The number of hydrogen-bond donors (Lipinski definition) is 0. The van der Waals surface area contributed by atoms with E-state index in [-0.39, 0.29) is 26.6 Å². The van der Waals surface area contributed by atoms with Gasteiger partial charge < -0.3 is 9.47 Å². The minimum Gasteiger partial charge on any atom is -0.480 e. The van der Waals surface area contributed by atoms with E-state index in [0.717, 1.165) is 4.47 Å². The van der Waals surface area contributed by atoms with Gasteiger partial charge in [0.2, 0.25) is 5.78 Å². The lowest BCUT2D eigenvalue weighted by atomic mass is 10.1. The number of ketones is 1. The van der Waals surface area contributed by atoms with Crippen LogP contribution >= 0.6 is 50.7 Å². The number of carbonyl (C=O) groups excluding carboxylic acids is 2. The number of ether oxygens (including phenoxy) is 2. The highest BCUT2D eigenvalue weighted by molar-refractivity contribution is 9.10. The third-order valence-corrected chi connectivity index (χ3v) is 4.67. The van der Waals surface area contributed by atoms with Crippen LogP contribution in [-0.4, -0.2) is 24.5 Å². The van der Waals surface area contributed by atoms with Crippen molar-refractivity contribution in [2.45, 2.75) is 13.0 Å². The third-order valence-electron chi connectivity index (χ3n) is 3.13. The Balaban J connectivity index is 1.92. The van der Waals surface area contributed by atoms with Gasteiger partial charge in [0.15, 0.2) is 12.7 Å². The fourth-order valence-corrected chi connectivity index (χ4v) is 2.74. The van der Waals surface area contributed by atoms with E-state index in [1.807, 2.05) is 0 Å². The van der Waals surface area contributed by atoms with Crippen LogP contribution in [0.4, 0.5) is 0 Å². The predicted octanol–water partition coefficient (Wildman–Crippen LogP) is 5.60. The van der Waals surface area contributed by atoms with Crippen molar-refractivity contribution >= 4 is 62.5 Å². The van der Waals surface area contributed by atoms with Crippen molar-refractivity contribution in [1.82, 2.24) is 0 Å². The molecule has 0 saturated heterocycles. The maximum absolute atomic E-state index is 12.2. The minimum absolute atomic E-state index is 0.194. The molecular weight excluding hydrogens is 454 g/mol. The van der Waals surface area contributed by atoms with E-state index in [1.165, 1.54) is 19.1 Å². The highest BCUT2D eigenvalue weighted by atomic mass is 79.9. The van der Waals surface area contributed by atoms with Gasteiger partial charge >= 0.3 is 5.97 Å². The zero-order valence-corrected chi connectivity index (χ0v) is 16.7. The molecule has 8 heteroatoms. The summed E-state index contributed by atoms with van der Waals surface area (Å²) in [5.74, 6) is -0.826. The lowest BCUT2D eigenvalue weighted by Crippen LogP contribution is -2.27. The molecule has 0 spiro atoms. The second kappa shape index (κ2) is 8.90. The number of benzene rings is 2. The molecule has 25 heavy (non-hydrogen) atoms. The van der Waals surface area contributed by atoms with Gasteiger partial charge in [-0.15, -0.1) is 0 Å². The van der Waals surface area contributed by atoms with Gasteiger partial charge in [-0.3, -0.25) is 4.79 Å². The summed E-state index contributed by atoms with van der Waals surface area (Å²) in [6.07, 6.45) is -0.943. The molecule has 132 valence electrons. The molecule has 2 aromatic rings. The minimum atomic E-state index is -0.943. The quantitative estimate of drug-likeness (QED) is 0.316. The molecule has 0 saturated carbocycles. The van der Waals surface area contributed by atoms with Gasteiger partial charge in [-0.05, 0) is 25.1 Å². The van der Waals surface area contributed by atoms with E-state index in [9.17, 15) is 9.59 Å². The van der Waals surface area contributed by atoms with Crippen LogP contribution in [-0.2, 0) is 9.53 Å². The first-order valence-electron chi connectivity index (χ1n) is 7.04. The summed E-state index contributed by atoms with van der Waals surface area (Å²) in [6.45, 7) is 1.07. The Hall–Kier alpha value is -1.27. The Morgan fingerprint density at radius 3 is 2.28 bits per heavy atom. The van der Waals surface area contributed by atoms with Crippen LogP contribution in [0, 0.1) is 0 Å². The monoisotopic (exact) mass is 464 g/mol. The molecule has 0 heterocycles. The zero-order valence-electron chi connectivity index (χ0n) is 12.9. The lowest BCUT2D eigenvalue weighted by Gasteiger charge is -2.13. The standard InChI is InChI=1S/C17H12BrCl3O4/c1-9(17(23)10-2-4-11(18)5-3-10)25-16(22)8-24-15-7-13(20)12(19)6-14(15)21/h2-7,9H,8H2,1H3/t9-/m1/s1. The number of hydrogen-bond acceptors (Lipinski definition) is 4. The highest BCUT2D eigenvalue weighted by Gasteiger charge is 2.20. The average Bonchev–Trinajstić information content (AvgIpc) is 2.57. The summed E-state index contributed by atoms with van der Waals surface area (Å²) in [5, 5.41) is 0.727. The fraction of sp³-hybridized carbons (Fsp3) is 0.176. The molecule has 0 aliphatic heterocycles. The van der Waals surface area contributed by atoms with E-state index in [1.54, 1.807) is 24.3 Å². The van der Waals surface area contributed by atoms with Gasteiger partial charge in [0.05, 0.1) is 15.1 Å². The number of rotatable bonds is 6. The summed E-state index contributed by atoms with van der Waals surface area (Å²) in [7, 11) is 0. The van der Waals surface area contributed by atoms with E-state index in [4.69, 9.17) is 44.3 Å². The van der Waals surface area contributed by atoms with Crippen LogP contribution in [0.1, 0.15) is 17.3 Å². The summed E-state index contributed by atoms with van der Waals surface area (Å²) >= 11 is 20.9. The molecule has 0 N–H and O–H groups in total. The van der Waals surface area contributed by atoms with Gasteiger partial charge in [0.25, 0.3) is 0 Å². The summed E-state index contributed by atoms with van der Waals surface area (Å²) in [5.41, 5.74) is 0.442. The lowest BCUT2D eigenvalue weighted by molar-refractivity contribution is -0.148. The largest absolute Gasteiger partial charge is 0.480 e. The van der Waals surface area contributed by atoms with Crippen LogP contribution < -0.4 is 4.74 Å². The molecule has 0 aromatic heterocycles. The van der Waals surface area contributed by atoms with Gasteiger partial charge in [-0.25, -0.2) is 4.79 Å². The van der Waals surface area contributed by atoms with Crippen molar-refractivity contribution < 1.29 is 19.1 Å². The van der Waals surface area contributed by atoms with E-state index in [0.29, 0.717) is 5.56 Å². The summed E-state index contributed by atoms with van der Waals surface area (Å²) in [6, 6.07) is 9.56. The van der Waals surface area contributed by atoms with E-state index < -0.39 is 18.7 Å². The Kier molecular flexibility index (Phi) is 7.14.